The van der Waals surface area contributed by atoms with Gasteiger partial charge in [-0.3, -0.25) is 4.90 Å². The number of ether oxygens (including phenoxy) is 1. The summed E-state index contributed by atoms with van der Waals surface area (Å²) in [6.45, 7) is 7.42. The highest BCUT2D eigenvalue weighted by molar-refractivity contribution is 5.23. The molecule has 0 aromatic heterocycles. The van der Waals surface area contributed by atoms with Crippen LogP contribution < -0.4 is 0 Å². The molecule has 1 heterocycles. The molecule has 1 aliphatic heterocycles. The Morgan fingerprint density at radius 3 is 2.35 bits per heavy atom. The summed E-state index contributed by atoms with van der Waals surface area (Å²) in [5.74, 6) is 0. The van der Waals surface area contributed by atoms with Crippen molar-refractivity contribution in [3.05, 3.63) is 35.4 Å². The number of nitrogens with zero attached hydrogens (tertiary/aromatic N) is 2. The van der Waals surface area contributed by atoms with Crippen LogP contribution in [0.1, 0.15) is 31.4 Å². The highest BCUT2D eigenvalue weighted by atomic mass is 16.5. The fraction of sp³-hybridized carbons (Fsp3) is 0.588. The molecule has 0 N–H and O–H groups in total. The molecule has 1 fully saturated rings. The Bertz CT molecular complexity index is 457. The van der Waals surface area contributed by atoms with E-state index < -0.39 is 0 Å². The molecule has 0 spiro atoms. The van der Waals surface area contributed by atoms with Crippen molar-refractivity contribution in [1.29, 1.82) is 5.26 Å². The monoisotopic (exact) mass is 272 g/mol. The van der Waals surface area contributed by atoms with Gasteiger partial charge in [0.25, 0.3) is 0 Å². The van der Waals surface area contributed by atoms with E-state index in [9.17, 15) is 5.26 Å². The zero-order valence-corrected chi connectivity index (χ0v) is 12.6. The van der Waals surface area contributed by atoms with Gasteiger partial charge in [0.05, 0.1) is 19.3 Å². The molecule has 0 saturated carbocycles. The summed E-state index contributed by atoms with van der Waals surface area (Å²) < 4.78 is 5.38. The van der Waals surface area contributed by atoms with E-state index in [2.05, 4.69) is 49.1 Å². The van der Waals surface area contributed by atoms with Crippen molar-refractivity contribution >= 4 is 0 Å². The SMILES string of the molecule is CCc1ccc(CCC(C)(C#N)N2CCOCC2)cc1. The Morgan fingerprint density at radius 1 is 1.20 bits per heavy atom. The number of morpholine rings is 1. The van der Waals surface area contributed by atoms with E-state index in [1.165, 1.54) is 11.1 Å². The lowest BCUT2D eigenvalue weighted by Crippen LogP contribution is -2.51. The first-order valence-electron chi connectivity index (χ1n) is 7.50. The minimum atomic E-state index is -0.382. The fourth-order valence-electron chi connectivity index (χ4n) is 2.67. The van der Waals surface area contributed by atoms with Gasteiger partial charge < -0.3 is 4.74 Å². The molecule has 3 nitrogen and oxygen atoms in total. The second-order valence-electron chi connectivity index (χ2n) is 5.66. The van der Waals surface area contributed by atoms with Gasteiger partial charge in [0.2, 0.25) is 0 Å². The van der Waals surface area contributed by atoms with Gasteiger partial charge in [-0.15, -0.1) is 0 Å². The molecule has 0 bridgehead atoms. The van der Waals surface area contributed by atoms with E-state index in [-0.39, 0.29) is 5.54 Å². The van der Waals surface area contributed by atoms with E-state index >= 15 is 0 Å². The largest absolute Gasteiger partial charge is 0.379 e. The van der Waals surface area contributed by atoms with Crippen LogP contribution in [0.4, 0.5) is 0 Å². The third kappa shape index (κ3) is 3.59. The molecule has 1 unspecified atom stereocenters. The number of hydrogen-bond acceptors (Lipinski definition) is 3. The standard InChI is InChI=1S/C17H24N2O/c1-3-15-4-6-16(7-5-15)8-9-17(2,14-18)19-10-12-20-13-11-19/h4-7H,3,8-13H2,1-2H3. The van der Waals surface area contributed by atoms with Crippen LogP contribution in [-0.2, 0) is 17.6 Å². The second kappa shape index (κ2) is 6.88. The number of hydrogen-bond donors (Lipinski definition) is 0. The summed E-state index contributed by atoms with van der Waals surface area (Å²) in [4.78, 5) is 2.26. The van der Waals surface area contributed by atoms with Gasteiger partial charge in [-0.2, -0.15) is 5.26 Å². The summed E-state index contributed by atoms with van der Waals surface area (Å²) in [6.07, 6.45) is 2.89. The summed E-state index contributed by atoms with van der Waals surface area (Å²) in [5.41, 5.74) is 2.30. The minimum absolute atomic E-state index is 0.382. The zero-order chi connectivity index (χ0) is 14.4. The van der Waals surface area contributed by atoms with E-state index in [1.807, 2.05) is 0 Å². The molecule has 1 aromatic carbocycles. The fourth-order valence-corrected chi connectivity index (χ4v) is 2.67. The molecule has 3 heteroatoms. The highest BCUT2D eigenvalue weighted by Gasteiger charge is 2.32. The quantitative estimate of drug-likeness (QED) is 0.827. The molecule has 0 radical (unpaired) electrons. The van der Waals surface area contributed by atoms with Gasteiger partial charge in [-0.05, 0) is 37.3 Å². The number of rotatable bonds is 5. The number of benzene rings is 1. The van der Waals surface area contributed by atoms with Gasteiger partial charge in [-0.25, -0.2) is 0 Å². The van der Waals surface area contributed by atoms with Crippen molar-refractivity contribution in [2.75, 3.05) is 26.3 Å². The van der Waals surface area contributed by atoms with Crippen LogP contribution in [0, 0.1) is 11.3 Å². The van der Waals surface area contributed by atoms with Gasteiger partial charge in [0.1, 0.15) is 5.54 Å². The van der Waals surface area contributed by atoms with Crippen LogP contribution in [0.5, 0.6) is 0 Å². The third-order valence-electron chi connectivity index (χ3n) is 4.28. The molecular formula is C17H24N2O. The van der Waals surface area contributed by atoms with E-state index in [0.717, 1.165) is 45.6 Å². The molecule has 1 atom stereocenters. The number of nitriles is 1. The maximum absolute atomic E-state index is 9.57. The molecule has 2 rings (SSSR count). The Balaban J connectivity index is 1.96. The number of aryl methyl sites for hydroxylation is 2. The maximum Gasteiger partial charge on any atom is 0.106 e. The normalized spacial score (nSPS) is 19.2. The topological polar surface area (TPSA) is 36.3 Å². The molecule has 1 aromatic rings. The average Bonchev–Trinajstić information content (AvgIpc) is 2.54. The lowest BCUT2D eigenvalue weighted by molar-refractivity contribution is -0.000448. The lowest BCUT2D eigenvalue weighted by Gasteiger charge is -2.38. The molecule has 1 saturated heterocycles. The van der Waals surface area contributed by atoms with Crippen molar-refractivity contribution in [1.82, 2.24) is 4.90 Å². The smallest absolute Gasteiger partial charge is 0.106 e. The summed E-state index contributed by atoms with van der Waals surface area (Å²) in [6, 6.07) is 11.3. The molecular weight excluding hydrogens is 248 g/mol. The lowest BCUT2D eigenvalue weighted by atomic mass is 9.92. The summed E-state index contributed by atoms with van der Waals surface area (Å²) >= 11 is 0. The Morgan fingerprint density at radius 2 is 1.80 bits per heavy atom. The van der Waals surface area contributed by atoms with Crippen molar-refractivity contribution in [2.24, 2.45) is 0 Å². The molecule has 0 aliphatic carbocycles. The van der Waals surface area contributed by atoms with Crippen molar-refractivity contribution in [3.8, 4) is 6.07 Å². The molecule has 108 valence electrons. The maximum atomic E-state index is 9.57. The van der Waals surface area contributed by atoms with E-state index in [0.29, 0.717) is 0 Å². The van der Waals surface area contributed by atoms with E-state index in [1.54, 1.807) is 0 Å². The van der Waals surface area contributed by atoms with Crippen LogP contribution in [0.15, 0.2) is 24.3 Å². The van der Waals surface area contributed by atoms with Crippen LogP contribution in [0.25, 0.3) is 0 Å². The molecule has 0 amide bonds. The van der Waals surface area contributed by atoms with Crippen LogP contribution >= 0.6 is 0 Å². The summed E-state index contributed by atoms with van der Waals surface area (Å²) in [7, 11) is 0. The van der Waals surface area contributed by atoms with Gasteiger partial charge in [-0.1, -0.05) is 31.2 Å². The molecule has 1 aliphatic rings. The third-order valence-corrected chi connectivity index (χ3v) is 4.28. The Labute approximate surface area is 122 Å². The Kier molecular flexibility index (Phi) is 5.17. The first-order chi connectivity index (χ1) is 9.68. The first kappa shape index (κ1) is 15.0. The van der Waals surface area contributed by atoms with Gasteiger partial charge in [0, 0.05) is 13.1 Å². The predicted molar refractivity (Wildman–Crippen MR) is 80.6 cm³/mol. The molecule has 20 heavy (non-hydrogen) atoms. The van der Waals surface area contributed by atoms with E-state index in [4.69, 9.17) is 4.74 Å². The average molecular weight is 272 g/mol. The van der Waals surface area contributed by atoms with Crippen molar-refractivity contribution in [3.63, 3.8) is 0 Å². The van der Waals surface area contributed by atoms with Crippen molar-refractivity contribution in [2.45, 2.75) is 38.6 Å². The Hall–Kier alpha value is -1.37. The van der Waals surface area contributed by atoms with Gasteiger partial charge >= 0.3 is 0 Å². The van der Waals surface area contributed by atoms with Gasteiger partial charge in [0.15, 0.2) is 0 Å². The predicted octanol–water partition coefficient (Wildman–Crippen LogP) is 2.80. The zero-order valence-electron chi connectivity index (χ0n) is 12.6. The second-order valence-corrected chi connectivity index (χ2v) is 5.66. The van der Waals surface area contributed by atoms with Crippen LogP contribution in [0.3, 0.4) is 0 Å². The van der Waals surface area contributed by atoms with Crippen molar-refractivity contribution < 1.29 is 4.74 Å². The van der Waals surface area contributed by atoms with Crippen LogP contribution in [-0.4, -0.2) is 36.7 Å². The van der Waals surface area contributed by atoms with Crippen LogP contribution in [0.2, 0.25) is 0 Å². The first-order valence-corrected chi connectivity index (χ1v) is 7.50. The summed E-state index contributed by atoms with van der Waals surface area (Å²) in [5, 5.41) is 9.57. The highest BCUT2D eigenvalue weighted by Crippen LogP contribution is 2.22. The minimum Gasteiger partial charge on any atom is -0.379 e.